The molecule has 0 saturated heterocycles. The molecule has 0 spiro atoms. The number of esters is 1. The average molecular weight is 394 g/mol. The van der Waals surface area contributed by atoms with Crippen LogP contribution in [0.2, 0.25) is 0 Å². The molecule has 7 heteroatoms. The second-order valence-corrected chi connectivity index (χ2v) is 7.19. The standard InChI is InChI=1S/C22H22N2O5/c1-13(2)18(23-19(25)15-9-5-4-8-14(15)3)22(28)29-12-24-20(26)16-10-6-7-11-17(16)21(24)27/h4-11,13,18H,12H2,1-3H3,(H,23,25)/t18-/m0/s1. The van der Waals surface area contributed by atoms with E-state index in [9.17, 15) is 19.2 Å². The Balaban J connectivity index is 1.67. The lowest BCUT2D eigenvalue weighted by molar-refractivity contribution is -0.149. The molecule has 0 radical (unpaired) electrons. The molecule has 3 amide bonds. The van der Waals surface area contributed by atoms with Crippen molar-refractivity contribution in [2.24, 2.45) is 5.92 Å². The van der Waals surface area contributed by atoms with Gasteiger partial charge in [-0.3, -0.25) is 14.4 Å². The number of rotatable bonds is 6. The van der Waals surface area contributed by atoms with E-state index in [0.717, 1.165) is 10.5 Å². The van der Waals surface area contributed by atoms with Gasteiger partial charge >= 0.3 is 5.97 Å². The highest BCUT2D eigenvalue weighted by Crippen LogP contribution is 2.22. The summed E-state index contributed by atoms with van der Waals surface area (Å²) in [6.45, 7) is 4.84. The van der Waals surface area contributed by atoms with E-state index in [1.165, 1.54) is 0 Å². The van der Waals surface area contributed by atoms with Crippen molar-refractivity contribution < 1.29 is 23.9 Å². The zero-order valence-corrected chi connectivity index (χ0v) is 16.5. The number of nitrogens with zero attached hydrogens (tertiary/aromatic N) is 1. The van der Waals surface area contributed by atoms with Gasteiger partial charge in [0.15, 0.2) is 6.73 Å². The van der Waals surface area contributed by atoms with Gasteiger partial charge < -0.3 is 10.1 Å². The fraction of sp³-hybridized carbons (Fsp3) is 0.273. The molecule has 1 aliphatic rings. The minimum absolute atomic E-state index is 0.252. The fourth-order valence-electron chi connectivity index (χ4n) is 3.12. The summed E-state index contributed by atoms with van der Waals surface area (Å²) in [5.41, 5.74) is 1.81. The zero-order chi connectivity index (χ0) is 21.1. The fourth-order valence-corrected chi connectivity index (χ4v) is 3.12. The largest absolute Gasteiger partial charge is 0.442 e. The van der Waals surface area contributed by atoms with E-state index >= 15 is 0 Å². The number of ether oxygens (including phenoxy) is 1. The molecular weight excluding hydrogens is 372 g/mol. The highest BCUT2D eigenvalue weighted by atomic mass is 16.5. The van der Waals surface area contributed by atoms with Gasteiger partial charge in [0.2, 0.25) is 0 Å². The first-order valence-corrected chi connectivity index (χ1v) is 9.29. The second kappa shape index (κ2) is 8.26. The quantitative estimate of drug-likeness (QED) is 0.600. The summed E-state index contributed by atoms with van der Waals surface area (Å²) in [6.07, 6.45) is 0. The number of fused-ring (bicyclic) bond motifs is 1. The van der Waals surface area contributed by atoms with E-state index in [1.807, 2.05) is 6.07 Å². The van der Waals surface area contributed by atoms with E-state index < -0.39 is 30.6 Å². The Bertz CT molecular complexity index is 948. The van der Waals surface area contributed by atoms with Gasteiger partial charge in [0.05, 0.1) is 11.1 Å². The van der Waals surface area contributed by atoms with Crippen LogP contribution < -0.4 is 5.32 Å². The number of benzene rings is 2. The third-order valence-electron chi connectivity index (χ3n) is 4.81. The van der Waals surface area contributed by atoms with Crippen molar-refractivity contribution in [2.75, 3.05) is 6.73 Å². The summed E-state index contributed by atoms with van der Waals surface area (Å²) in [7, 11) is 0. The summed E-state index contributed by atoms with van der Waals surface area (Å²) >= 11 is 0. The van der Waals surface area contributed by atoms with Gasteiger partial charge in [-0.1, -0.05) is 44.2 Å². The van der Waals surface area contributed by atoms with Crippen LogP contribution in [0.5, 0.6) is 0 Å². The van der Waals surface area contributed by atoms with Gasteiger partial charge in [0.25, 0.3) is 17.7 Å². The molecule has 1 N–H and O–H groups in total. The van der Waals surface area contributed by atoms with Crippen LogP contribution in [0.3, 0.4) is 0 Å². The van der Waals surface area contributed by atoms with E-state index in [0.29, 0.717) is 5.56 Å². The zero-order valence-electron chi connectivity index (χ0n) is 16.5. The van der Waals surface area contributed by atoms with Gasteiger partial charge in [0, 0.05) is 5.56 Å². The van der Waals surface area contributed by atoms with Crippen LogP contribution in [-0.2, 0) is 9.53 Å². The lowest BCUT2D eigenvalue weighted by Gasteiger charge is -2.22. The highest BCUT2D eigenvalue weighted by molar-refractivity contribution is 6.21. The van der Waals surface area contributed by atoms with Gasteiger partial charge in [0.1, 0.15) is 6.04 Å². The molecule has 1 atom stereocenters. The monoisotopic (exact) mass is 394 g/mol. The molecular formula is C22H22N2O5. The Morgan fingerprint density at radius 3 is 2.07 bits per heavy atom. The van der Waals surface area contributed by atoms with Crippen LogP contribution in [0, 0.1) is 12.8 Å². The van der Waals surface area contributed by atoms with E-state index in [2.05, 4.69) is 5.32 Å². The predicted octanol–water partition coefficient (Wildman–Crippen LogP) is 2.55. The Labute approximate surface area is 168 Å². The minimum atomic E-state index is -0.919. The summed E-state index contributed by atoms with van der Waals surface area (Å²) in [5.74, 6) is -2.37. The molecule has 2 aromatic rings. The van der Waals surface area contributed by atoms with Crippen molar-refractivity contribution in [3.63, 3.8) is 0 Å². The summed E-state index contributed by atoms with van der Waals surface area (Å²) in [5, 5.41) is 2.69. The predicted molar refractivity (Wildman–Crippen MR) is 105 cm³/mol. The number of imide groups is 1. The number of nitrogens with one attached hydrogen (secondary N) is 1. The van der Waals surface area contributed by atoms with Crippen LogP contribution in [0.4, 0.5) is 0 Å². The molecule has 29 heavy (non-hydrogen) atoms. The van der Waals surface area contributed by atoms with Gasteiger partial charge in [-0.05, 0) is 36.6 Å². The molecule has 1 aliphatic heterocycles. The van der Waals surface area contributed by atoms with Crippen molar-refractivity contribution in [3.05, 3.63) is 70.8 Å². The van der Waals surface area contributed by atoms with E-state index in [4.69, 9.17) is 4.74 Å². The molecule has 0 aliphatic carbocycles. The van der Waals surface area contributed by atoms with Crippen molar-refractivity contribution in [3.8, 4) is 0 Å². The number of carbonyl (C=O) groups is 4. The Morgan fingerprint density at radius 2 is 1.52 bits per heavy atom. The Kier molecular flexibility index (Phi) is 5.77. The molecule has 2 aromatic carbocycles. The normalized spacial score (nSPS) is 14.0. The number of aryl methyl sites for hydroxylation is 1. The van der Waals surface area contributed by atoms with Crippen LogP contribution >= 0.6 is 0 Å². The maximum Gasteiger partial charge on any atom is 0.330 e. The summed E-state index contributed by atoms with van der Waals surface area (Å²) in [6, 6.07) is 12.6. The van der Waals surface area contributed by atoms with Crippen molar-refractivity contribution in [1.82, 2.24) is 10.2 Å². The van der Waals surface area contributed by atoms with Crippen LogP contribution in [0.15, 0.2) is 48.5 Å². The topological polar surface area (TPSA) is 92.8 Å². The first kappa shape index (κ1) is 20.3. The molecule has 0 aromatic heterocycles. The van der Waals surface area contributed by atoms with Crippen LogP contribution in [0.1, 0.15) is 50.5 Å². The van der Waals surface area contributed by atoms with Gasteiger partial charge in [-0.25, -0.2) is 9.69 Å². The van der Waals surface area contributed by atoms with Crippen LogP contribution in [0.25, 0.3) is 0 Å². The lowest BCUT2D eigenvalue weighted by Crippen LogP contribution is -2.46. The number of amides is 3. The SMILES string of the molecule is Cc1ccccc1C(=O)N[C@H](C(=O)OCN1C(=O)c2ccccc2C1=O)C(C)C. The summed E-state index contributed by atoms with van der Waals surface area (Å²) < 4.78 is 5.22. The molecule has 1 heterocycles. The maximum absolute atomic E-state index is 12.6. The second-order valence-electron chi connectivity index (χ2n) is 7.19. The molecule has 3 rings (SSSR count). The number of hydrogen-bond acceptors (Lipinski definition) is 5. The maximum atomic E-state index is 12.6. The average Bonchev–Trinajstić information content (AvgIpc) is 2.94. The Hall–Kier alpha value is -3.48. The van der Waals surface area contributed by atoms with Crippen molar-refractivity contribution >= 4 is 23.7 Å². The molecule has 0 bridgehead atoms. The Morgan fingerprint density at radius 1 is 0.966 bits per heavy atom. The summed E-state index contributed by atoms with van der Waals surface area (Å²) in [4.78, 5) is 50.8. The number of carbonyl (C=O) groups excluding carboxylic acids is 4. The first-order chi connectivity index (χ1) is 13.8. The van der Waals surface area contributed by atoms with Crippen LogP contribution in [-0.4, -0.2) is 41.4 Å². The van der Waals surface area contributed by atoms with Gasteiger partial charge in [-0.2, -0.15) is 0 Å². The molecule has 150 valence electrons. The number of hydrogen-bond donors (Lipinski definition) is 1. The third-order valence-corrected chi connectivity index (χ3v) is 4.81. The highest BCUT2D eigenvalue weighted by Gasteiger charge is 2.36. The van der Waals surface area contributed by atoms with Crippen molar-refractivity contribution in [2.45, 2.75) is 26.8 Å². The van der Waals surface area contributed by atoms with E-state index in [1.54, 1.807) is 63.2 Å². The first-order valence-electron chi connectivity index (χ1n) is 9.29. The smallest absolute Gasteiger partial charge is 0.330 e. The minimum Gasteiger partial charge on any atom is -0.442 e. The lowest BCUT2D eigenvalue weighted by atomic mass is 10.0. The van der Waals surface area contributed by atoms with Gasteiger partial charge in [-0.15, -0.1) is 0 Å². The third kappa shape index (κ3) is 4.03. The van der Waals surface area contributed by atoms with Crippen molar-refractivity contribution in [1.29, 1.82) is 0 Å². The molecule has 0 unspecified atom stereocenters. The molecule has 0 fully saturated rings. The molecule has 7 nitrogen and oxygen atoms in total. The molecule has 0 saturated carbocycles. The van der Waals surface area contributed by atoms with E-state index in [-0.39, 0.29) is 23.0 Å².